The zero-order valence-corrected chi connectivity index (χ0v) is 11.0. The third-order valence-corrected chi connectivity index (χ3v) is 3.61. The third-order valence-electron chi connectivity index (χ3n) is 3.61. The topological polar surface area (TPSA) is 49.2 Å². The zero-order valence-electron chi connectivity index (χ0n) is 11.0. The van der Waals surface area contributed by atoms with Crippen LogP contribution in [-0.2, 0) is 6.54 Å². The van der Waals surface area contributed by atoms with Crippen molar-refractivity contribution in [2.45, 2.75) is 25.1 Å². The minimum atomic E-state index is -0.382. The van der Waals surface area contributed by atoms with Gasteiger partial charge in [0.25, 0.3) is 0 Å². The van der Waals surface area contributed by atoms with E-state index in [0.29, 0.717) is 19.5 Å². The summed E-state index contributed by atoms with van der Waals surface area (Å²) < 4.78 is 13.4. The smallest absolute Gasteiger partial charge is 0.123 e. The summed E-state index contributed by atoms with van der Waals surface area (Å²) in [7, 11) is 0. The Bertz CT molecular complexity index is 578. The molecule has 0 saturated carbocycles. The fourth-order valence-electron chi connectivity index (χ4n) is 2.76. The van der Waals surface area contributed by atoms with Gasteiger partial charge in [0, 0.05) is 37.1 Å². The minimum absolute atomic E-state index is 0.0286. The molecule has 0 amide bonds. The third kappa shape index (κ3) is 2.84. The second kappa shape index (κ2) is 5.64. The van der Waals surface area contributed by atoms with E-state index in [9.17, 15) is 9.50 Å². The first-order chi connectivity index (χ1) is 9.72. The van der Waals surface area contributed by atoms with Crippen LogP contribution in [0.4, 0.5) is 4.39 Å². The molecule has 1 aromatic heterocycles. The number of aliphatic hydroxyl groups is 1. The maximum Gasteiger partial charge on any atom is 0.123 e. The van der Waals surface area contributed by atoms with Crippen LogP contribution in [0.15, 0.2) is 43.0 Å². The molecule has 20 heavy (non-hydrogen) atoms. The molecule has 0 radical (unpaired) electrons. The van der Waals surface area contributed by atoms with Gasteiger partial charge >= 0.3 is 0 Å². The van der Waals surface area contributed by atoms with Crippen molar-refractivity contribution in [3.05, 3.63) is 59.9 Å². The zero-order chi connectivity index (χ0) is 13.9. The van der Waals surface area contributed by atoms with Gasteiger partial charge in [-0.2, -0.15) is 0 Å². The number of likely N-dealkylation sites (tertiary alicyclic amines) is 1. The molecule has 1 fully saturated rings. The number of halogens is 1. The molecule has 2 aromatic rings. The first kappa shape index (κ1) is 13.1. The van der Waals surface area contributed by atoms with Crippen LogP contribution in [0.5, 0.6) is 0 Å². The molecule has 5 heteroatoms. The average Bonchev–Trinajstić information content (AvgIpc) is 2.81. The fraction of sp³-hybridized carbons (Fsp3) is 0.333. The molecular weight excluding hydrogens is 257 g/mol. The standard InChI is InChI=1S/C15H16FN3O/c16-13-3-1-2-12(4-13)15-5-14(20)9-19(15)8-11-6-17-10-18-7-11/h1-4,6-7,10,14-15,20H,5,8-9H2/t14-,15+/m1/s1. The average molecular weight is 273 g/mol. The molecule has 1 aliphatic heterocycles. The summed E-state index contributed by atoms with van der Waals surface area (Å²) in [5, 5.41) is 9.91. The van der Waals surface area contributed by atoms with Crippen molar-refractivity contribution in [2.24, 2.45) is 0 Å². The van der Waals surface area contributed by atoms with Gasteiger partial charge in [-0.05, 0) is 24.1 Å². The van der Waals surface area contributed by atoms with Crippen LogP contribution < -0.4 is 0 Å². The van der Waals surface area contributed by atoms with Crippen molar-refractivity contribution in [3.63, 3.8) is 0 Å². The predicted octanol–water partition coefficient (Wildman–Crippen LogP) is 1.92. The lowest BCUT2D eigenvalue weighted by Crippen LogP contribution is -2.24. The Hall–Kier alpha value is -1.85. The largest absolute Gasteiger partial charge is 0.392 e. The van der Waals surface area contributed by atoms with Crippen LogP contribution in [0.2, 0.25) is 0 Å². The molecule has 4 nitrogen and oxygen atoms in total. The molecule has 0 bridgehead atoms. The van der Waals surface area contributed by atoms with Gasteiger partial charge in [0.2, 0.25) is 0 Å². The number of benzene rings is 1. The number of aliphatic hydroxyl groups excluding tert-OH is 1. The normalized spacial score (nSPS) is 23.1. The Morgan fingerprint density at radius 2 is 2.10 bits per heavy atom. The van der Waals surface area contributed by atoms with Crippen molar-refractivity contribution in [2.75, 3.05) is 6.54 Å². The Morgan fingerprint density at radius 3 is 2.85 bits per heavy atom. The van der Waals surface area contributed by atoms with Crippen LogP contribution in [0.3, 0.4) is 0 Å². The van der Waals surface area contributed by atoms with Crippen LogP contribution in [0, 0.1) is 5.82 Å². The van der Waals surface area contributed by atoms with E-state index < -0.39 is 0 Å². The maximum atomic E-state index is 13.4. The summed E-state index contributed by atoms with van der Waals surface area (Å²) in [6.07, 6.45) is 5.26. The highest BCUT2D eigenvalue weighted by atomic mass is 19.1. The Morgan fingerprint density at radius 1 is 1.30 bits per heavy atom. The van der Waals surface area contributed by atoms with Gasteiger partial charge in [0.1, 0.15) is 12.1 Å². The highest BCUT2D eigenvalue weighted by molar-refractivity contribution is 5.22. The first-order valence-electron chi connectivity index (χ1n) is 6.64. The highest BCUT2D eigenvalue weighted by Gasteiger charge is 2.32. The quantitative estimate of drug-likeness (QED) is 0.928. The van der Waals surface area contributed by atoms with Crippen LogP contribution in [0.1, 0.15) is 23.6 Å². The van der Waals surface area contributed by atoms with Crippen molar-refractivity contribution in [1.82, 2.24) is 14.9 Å². The van der Waals surface area contributed by atoms with Gasteiger partial charge in [0.05, 0.1) is 6.10 Å². The van der Waals surface area contributed by atoms with E-state index in [1.807, 2.05) is 6.07 Å². The Kier molecular flexibility index (Phi) is 3.71. The molecule has 1 N–H and O–H groups in total. The predicted molar refractivity (Wildman–Crippen MR) is 72.2 cm³/mol. The fourth-order valence-corrected chi connectivity index (χ4v) is 2.76. The SMILES string of the molecule is O[C@@H]1C[C@@H](c2cccc(F)c2)N(Cc2cncnc2)C1. The lowest BCUT2D eigenvalue weighted by atomic mass is 10.0. The van der Waals surface area contributed by atoms with Crippen LogP contribution >= 0.6 is 0 Å². The van der Waals surface area contributed by atoms with E-state index in [2.05, 4.69) is 14.9 Å². The Labute approximate surface area is 116 Å². The first-order valence-corrected chi connectivity index (χ1v) is 6.64. The second-order valence-corrected chi connectivity index (χ2v) is 5.14. The van der Waals surface area contributed by atoms with Gasteiger partial charge in [-0.3, -0.25) is 4.90 Å². The molecule has 1 aliphatic rings. The molecule has 0 spiro atoms. The van der Waals surface area contributed by atoms with E-state index in [1.54, 1.807) is 18.5 Å². The summed E-state index contributed by atoms with van der Waals surface area (Å²) in [6.45, 7) is 1.23. The molecule has 2 atom stereocenters. The number of nitrogens with zero attached hydrogens (tertiary/aromatic N) is 3. The number of hydrogen-bond donors (Lipinski definition) is 1. The number of hydrogen-bond acceptors (Lipinski definition) is 4. The van der Waals surface area contributed by atoms with Gasteiger partial charge in [-0.25, -0.2) is 14.4 Å². The van der Waals surface area contributed by atoms with E-state index in [4.69, 9.17) is 0 Å². The van der Waals surface area contributed by atoms with E-state index >= 15 is 0 Å². The lowest BCUT2D eigenvalue weighted by molar-refractivity contribution is 0.172. The number of β-amino-alcohol motifs (C(OH)–C–C–N with tert-alkyl or cyclic N) is 1. The maximum absolute atomic E-state index is 13.4. The van der Waals surface area contributed by atoms with E-state index in [0.717, 1.165) is 11.1 Å². The summed E-state index contributed by atoms with van der Waals surface area (Å²) in [4.78, 5) is 10.1. The monoisotopic (exact) mass is 273 g/mol. The second-order valence-electron chi connectivity index (χ2n) is 5.14. The summed E-state index contributed by atoms with van der Waals surface area (Å²) in [5.74, 6) is -0.244. The van der Waals surface area contributed by atoms with Crippen molar-refractivity contribution in [3.8, 4) is 0 Å². The summed E-state index contributed by atoms with van der Waals surface area (Å²) in [5.41, 5.74) is 1.89. The molecule has 3 rings (SSSR count). The van der Waals surface area contributed by atoms with Gasteiger partial charge in [0.15, 0.2) is 0 Å². The van der Waals surface area contributed by atoms with Crippen molar-refractivity contribution >= 4 is 0 Å². The van der Waals surface area contributed by atoms with Gasteiger partial charge in [-0.15, -0.1) is 0 Å². The van der Waals surface area contributed by atoms with Gasteiger partial charge < -0.3 is 5.11 Å². The highest BCUT2D eigenvalue weighted by Crippen LogP contribution is 2.33. The number of aromatic nitrogens is 2. The van der Waals surface area contributed by atoms with Crippen molar-refractivity contribution in [1.29, 1.82) is 0 Å². The summed E-state index contributed by atoms with van der Waals surface area (Å²) >= 11 is 0. The molecular formula is C15H16FN3O. The summed E-state index contributed by atoms with van der Waals surface area (Å²) in [6, 6.07) is 6.61. The lowest BCUT2D eigenvalue weighted by Gasteiger charge is -2.24. The number of rotatable bonds is 3. The molecule has 1 aromatic carbocycles. The molecule has 1 saturated heterocycles. The minimum Gasteiger partial charge on any atom is -0.392 e. The van der Waals surface area contributed by atoms with Crippen LogP contribution in [0.25, 0.3) is 0 Å². The molecule has 0 aliphatic carbocycles. The molecule has 2 heterocycles. The Balaban J connectivity index is 1.82. The molecule has 104 valence electrons. The van der Waals surface area contributed by atoms with Crippen LogP contribution in [-0.4, -0.2) is 32.6 Å². The van der Waals surface area contributed by atoms with Gasteiger partial charge in [-0.1, -0.05) is 12.1 Å². The van der Waals surface area contributed by atoms with E-state index in [1.165, 1.54) is 18.5 Å². The van der Waals surface area contributed by atoms with Crippen molar-refractivity contribution < 1.29 is 9.50 Å². The molecule has 0 unspecified atom stereocenters. The van der Waals surface area contributed by atoms with E-state index in [-0.39, 0.29) is 18.0 Å².